The standard InChI is InChI=1S/C26H28Cl2N2O3S2/c1-18-4-7-23(8-5-18)35(32,33)30(22-13-19(2)12-20(3)14-22)16-26(31)29-10-11-34-17-21-6-9-24(27)25(28)15-21/h4-9,12-15H,10-11,16-17H2,1-3H3,(H,29,31). The highest BCUT2D eigenvalue weighted by Gasteiger charge is 2.27. The van der Waals surface area contributed by atoms with Crippen molar-refractivity contribution in [3.05, 3.63) is 93.0 Å². The van der Waals surface area contributed by atoms with Crippen molar-refractivity contribution in [3.8, 4) is 0 Å². The molecule has 0 fully saturated rings. The Morgan fingerprint density at radius 1 is 0.886 bits per heavy atom. The number of benzene rings is 3. The highest BCUT2D eigenvalue weighted by atomic mass is 35.5. The number of nitrogens with zero attached hydrogens (tertiary/aromatic N) is 1. The van der Waals surface area contributed by atoms with Crippen LogP contribution >= 0.6 is 35.0 Å². The molecular formula is C26H28Cl2N2O3S2. The molecule has 3 aromatic rings. The molecule has 0 aromatic heterocycles. The zero-order valence-corrected chi connectivity index (χ0v) is 23.0. The van der Waals surface area contributed by atoms with E-state index in [4.69, 9.17) is 23.2 Å². The zero-order chi connectivity index (χ0) is 25.6. The van der Waals surface area contributed by atoms with Gasteiger partial charge in [0.2, 0.25) is 5.91 Å². The Morgan fingerprint density at radius 2 is 1.54 bits per heavy atom. The Labute approximate surface area is 221 Å². The molecule has 0 radical (unpaired) electrons. The van der Waals surface area contributed by atoms with E-state index in [2.05, 4.69) is 5.32 Å². The second kappa shape index (κ2) is 12.2. The number of halogens is 2. The summed E-state index contributed by atoms with van der Waals surface area (Å²) in [4.78, 5) is 12.9. The number of hydrogen-bond donors (Lipinski definition) is 1. The summed E-state index contributed by atoms with van der Waals surface area (Å²) in [6.07, 6.45) is 0. The predicted octanol–water partition coefficient (Wildman–Crippen LogP) is 6.16. The number of anilines is 1. The molecule has 0 saturated carbocycles. The molecule has 3 rings (SSSR count). The molecule has 186 valence electrons. The van der Waals surface area contributed by atoms with E-state index in [1.54, 1.807) is 54.2 Å². The normalized spacial score (nSPS) is 11.3. The maximum Gasteiger partial charge on any atom is 0.264 e. The fraction of sp³-hybridized carbons (Fsp3) is 0.269. The molecule has 0 unspecified atom stereocenters. The summed E-state index contributed by atoms with van der Waals surface area (Å²) < 4.78 is 28.2. The zero-order valence-electron chi connectivity index (χ0n) is 19.8. The topological polar surface area (TPSA) is 66.5 Å². The SMILES string of the molecule is Cc1ccc(S(=O)(=O)N(CC(=O)NCCSCc2ccc(Cl)c(Cl)c2)c2cc(C)cc(C)c2)cc1. The first-order valence-corrected chi connectivity index (χ1v) is 14.4. The van der Waals surface area contributed by atoms with Crippen LogP contribution in [-0.4, -0.2) is 33.2 Å². The van der Waals surface area contributed by atoms with Crippen molar-refractivity contribution in [1.29, 1.82) is 0 Å². The van der Waals surface area contributed by atoms with Gasteiger partial charge < -0.3 is 5.32 Å². The third-order valence-corrected chi connectivity index (χ3v) is 8.77. The van der Waals surface area contributed by atoms with E-state index in [0.29, 0.717) is 28.0 Å². The number of nitrogens with one attached hydrogen (secondary N) is 1. The fourth-order valence-corrected chi connectivity index (χ4v) is 6.05. The van der Waals surface area contributed by atoms with Crippen LogP contribution in [0.15, 0.2) is 65.6 Å². The molecular weight excluding hydrogens is 523 g/mol. The van der Waals surface area contributed by atoms with E-state index in [9.17, 15) is 13.2 Å². The van der Waals surface area contributed by atoms with E-state index in [-0.39, 0.29) is 17.3 Å². The Bertz CT molecular complexity index is 1280. The number of thioether (sulfide) groups is 1. The van der Waals surface area contributed by atoms with Gasteiger partial charge >= 0.3 is 0 Å². The van der Waals surface area contributed by atoms with E-state index >= 15 is 0 Å². The molecule has 0 saturated heterocycles. The second-order valence-corrected chi connectivity index (χ2v) is 12.1. The molecule has 3 aromatic carbocycles. The van der Waals surface area contributed by atoms with Crippen LogP contribution in [0.1, 0.15) is 22.3 Å². The first-order chi connectivity index (χ1) is 16.6. The smallest absolute Gasteiger partial charge is 0.264 e. The first kappa shape index (κ1) is 27.4. The lowest BCUT2D eigenvalue weighted by molar-refractivity contribution is -0.119. The quantitative estimate of drug-likeness (QED) is 0.307. The average molecular weight is 552 g/mol. The van der Waals surface area contributed by atoms with Crippen LogP contribution in [0.2, 0.25) is 10.0 Å². The molecule has 9 heteroatoms. The molecule has 1 amide bonds. The Balaban J connectivity index is 1.67. The molecule has 0 spiro atoms. The first-order valence-electron chi connectivity index (χ1n) is 11.0. The molecule has 0 aliphatic rings. The fourth-order valence-electron chi connectivity index (χ4n) is 3.52. The van der Waals surface area contributed by atoms with Crippen LogP contribution in [0.25, 0.3) is 0 Å². The number of aryl methyl sites for hydroxylation is 3. The van der Waals surface area contributed by atoms with Crippen molar-refractivity contribution in [1.82, 2.24) is 5.32 Å². The van der Waals surface area contributed by atoms with Crippen LogP contribution in [0, 0.1) is 20.8 Å². The van der Waals surface area contributed by atoms with Gasteiger partial charge in [-0.25, -0.2) is 8.42 Å². The van der Waals surface area contributed by atoms with Crippen LogP contribution in [0.3, 0.4) is 0 Å². The van der Waals surface area contributed by atoms with E-state index in [1.807, 2.05) is 39.0 Å². The number of carbonyl (C=O) groups excluding carboxylic acids is 1. The summed E-state index contributed by atoms with van der Waals surface area (Å²) in [5.74, 6) is 1.03. The van der Waals surface area contributed by atoms with Crippen molar-refractivity contribution < 1.29 is 13.2 Å². The van der Waals surface area contributed by atoms with Gasteiger partial charge in [0, 0.05) is 18.1 Å². The molecule has 5 nitrogen and oxygen atoms in total. The summed E-state index contributed by atoms with van der Waals surface area (Å²) in [7, 11) is -3.93. The minimum Gasteiger partial charge on any atom is -0.354 e. The Morgan fingerprint density at radius 3 is 2.17 bits per heavy atom. The highest BCUT2D eigenvalue weighted by Crippen LogP contribution is 2.26. The van der Waals surface area contributed by atoms with Gasteiger partial charge in [-0.1, -0.05) is 53.0 Å². The van der Waals surface area contributed by atoms with Crippen LogP contribution in [0.5, 0.6) is 0 Å². The number of amides is 1. The van der Waals surface area contributed by atoms with Gasteiger partial charge in [0.1, 0.15) is 6.54 Å². The average Bonchev–Trinajstić information content (AvgIpc) is 2.79. The number of rotatable bonds is 10. The summed E-state index contributed by atoms with van der Waals surface area (Å²) in [6, 6.07) is 17.6. The lowest BCUT2D eigenvalue weighted by atomic mass is 10.1. The largest absolute Gasteiger partial charge is 0.354 e. The van der Waals surface area contributed by atoms with Crippen molar-refractivity contribution in [2.24, 2.45) is 0 Å². The monoisotopic (exact) mass is 550 g/mol. The maximum absolute atomic E-state index is 13.5. The molecule has 35 heavy (non-hydrogen) atoms. The number of carbonyl (C=O) groups is 1. The van der Waals surface area contributed by atoms with E-state index < -0.39 is 10.0 Å². The Kier molecular flexibility index (Phi) is 9.53. The van der Waals surface area contributed by atoms with E-state index in [1.165, 1.54) is 4.31 Å². The van der Waals surface area contributed by atoms with Crippen molar-refractivity contribution >= 4 is 56.6 Å². The molecule has 0 heterocycles. The summed E-state index contributed by atoms with van der Waals surface area (Å²) >= 11 is 13.6. The minimum atomic E-state index is -3.93. The molecule has 0 aliphatic heterocycles. The molecule has 0 atom stereocenters. The van der Waals surface area contributed by atoms with Gasteiger partial charge in [0.25, 0.3) is 10.0 Å². The lowest BCUT2D eigenvalue weighted by Crippen LogP contribution is -2.41. The summed E-state index contributed by atoms with van der Waals surface area (Å²) in [5.41, 5.74) is 4.30. The summed E-state index contributed by atoms with van der Waals surface area (Å²) in [6.45, 7) is 5.80. The van der Waals surface area contributed by atoms with Gasteiger partial charge in [-0.2, -0.15) is 11.8 Å². The van der Waals surface area contributed by atoms with Gasteiger partial charge in [-0.05, 0) is 73.9 Å². The highest BCUT2D eigenvalue weighted by molar-refractivity contribution is 7.98. The molecule has 1 N–H and O–H groups in total. The van der Waals surface area contributed by atoms with Gasteiger partial charge in [0.05, 0.1) is 20.6 Å². The van der Waals surface area contributed by atoms with Crippen LogP contribution in [-0.2, 0) is 20.6 Å². The molecule has 0 bridgehead atoms. The summed E-state index contributed by atoms with van der Waals surface area (Å²) in [5, 5.41) is 3.87. The lowest BCUT2D eigenvalue weighted by Gasteiger charge is -2.25. The Hall–Kier alpha value is -2.19. The van der Waals surface area contributed by atoms with Gasteiger partial charge in [-0.3, -0.25) is 9.10 Å². The minimum absolute atomic E-state index is 0.146. The van der Waals surface area contributed by atoms with Gasteiger partial charge in [0.15, 0.2) is 0 Å². The predicted molar refractivity (Wildman–Crippen MR) is 147 cm³/mol. The maximum atomic E-state index is 13.5. The number of hydrogen-bond acceptors (Lipinski definition) is 4. The second-order valence-electron chi connectivity index (χ2n) is 8.32. The van der Waals surface area contributed by atoms with Crippen molar-refractivity contribution in [2.75, 3.05) is 23.1 Å². The third-order valence-electron chi connectivity index (χ3n) is 5.21. The van der Waals surface area contributed by atoms with Crippen molar-refractivity contribution in [2.45, 2.75) is 31.4 Å². The van der Waals surface area contributed by atoms with Gasteiger partial charge in [-0.15, -0.1) is 0 Å². The van der Waals surface area contributed by atoms with Crippen molar-refractivity contribution in [3.63, 3.8) is 0 Å². The van der Waals surface area contributed by atoms with Crippen LogP contribution < -0.4 is 9.62 Å². The number of sulfonamides is 1. The van der Waals surface area contributed by atoms with Crippen LogP contribution in [0.4, 0.5) is 5.69 Å². The van der Waals surface area contributed by atoms with E-state index in [0.717, 1.165) is 28.0 Å². The molecule has 0 aliphatic carbocycles. The third kappa shape index (κ3) is 7.64.